The Kier molecular flexibility index (Phi) is 2.30. The fourth-order valence-corrected chi connectivity index (χ4v) is 1.99. The molecule has 2 nitrogen and oxygen atoms in total. The Balaban J connectivity index is 2.75. The molecule has 0 radical (unpaired) electrons. The molecule has 0 bridgehead atoms. The van der Waals surface area contributed by atoms with Gasteiger partial charge in [-0.15, -0.1) is 11.6 Å². The van der Waals surface area contributed by atoms with Crippen LogP contribution in [0.5, 0.6) is 0 Å². The Morgan fingerprint density at radius 1 is 1.54 bits per heavy atom. The number of hydrogen-bond acceptors (Lipinski definition) is 2. The predicted octanol–water partition coefficient (Wildman–Crippen LogP) is 3.64. The first-order chi connectivity index (χ1) is 6.20. The highest BCUT2D eigenvalue weighted by atomic mass is 79.9. The highest BCUT2D eigenvalue weighted by Gasteiger charge is 2.08. The highest BCUT2D eigenvalue weighted by molar-refractivity contribution is 9.10. The maximum absolute atomic E-state index is 5.62. The van der Waals surface area contributed by atoms with Crippen LogP contribution in [-0.4, -0.2) is 4.98 Å². The van der Waals surface area contributed by atoms with Gasteiger partial charge in [0, 0.05) is 0 Å². The van der Waals surface area contributed by atoms with Gasteiger partial charge in [0.1, 0.15) is 5.52 Å². The number of hydrogen-bond donors (Lipinski definition) is 0. The summed E-state index contributed by atoms with van der Waals surface area (Å²) in [6.45, 7) is 2.01. The minimum atomic E-state index is 0.306. The Labute approximate surface area is 89.0 Å². The molecule has 0 aliphatic rings. The molecule has 0 aliphatic carbocycles. The lowest BCUT2D eigenvalue weighted by Gasteiger charge is -1.93. The van der Waals surface area contributed by atoms with E-state index in [0.29, 0.717) is 11.8 Å². The lowest BCUT2D eigenvalue weighted by molar-refractivity contribution is 0.553. The van der Waals surface area contributed by atoms with Crippen LogP contribution in [0.4, 0.5) is 0 Å². The number of fused-ring (bicyclic) bond motifs is 1. The average Bonchev–Trinajstić information content (AvgIpc) is 2.47. The number of nitrogens with zero attached hydrogens (tertiary/aromatic N) is 1. The molecule has 2 rings (SSSR count). The largest absolute Gasteiger partial charge is 0.438 e. The Morgan fingerprint density at radius 3 is 3.00 bits per heavy atom. The van der Waals surface area contributed by atoms with Gasteiger partial charge in [-0.25, -0.2) is 4.98 Å². The molecule has 0 amide bonds. The van der Waals surface area contributed by atoms with Gasteiger partial charge in [-0.3, -0.25) is 0 Å². The highest BCUT2D eigenvalue weighted by Crippen LogP contribution is 2.26. The zero-order valence-electron chi connectivity index (χ0n) is 6.97. The standard InChI is InChI=1S/C9H7BrClNO/c1-5-2-6(10)9-7(3-5)12-8(4-11)13-9/h2-3H,4H2,1H3. The number of rotatable bonds is 1. The molecular formula is C9H7BrClNO. The maximum atomic E-state index is 5.62. The van der Waals surface area contributed by atoms with Crippen LogP contribution in [0.15, 0.2) is 21.0 Å². The lowest BCUT2D eigenvalue weighted by atomic mass is 10.2. The van der Waals surface area contributed by atoms with Gasteiger partial charge >= 0.3 is 0 Å². The summed E-state index contributed by atoms with van der Waals surface area (Å²) < 4.78 is 6.34. The fourth-order valence-electron chi connectivity index (χ4n) is 1.23. The first-order valence-electron chi connectivity index (χ1n) is 3.82. The molecule has 0 N–H and O–H groups in total. The van der Waals surface area contributed by atoms with Crippen LogP contribution in [0.3, 0.4) is 0 Å². The van der Waals surface area contributed by atoms with E-state index < -0.39 is 0 Å². The molecule has 68 valence electrons. The molecule has 0 fully saturated rings. The van der Waals surface area contributed by atoms with Crippen molar-refractivity contribution in [3.8, 4) is 0 Å². The second-order valence-electron chi connectivity index (χ2n) is 2.84. The molecule has 1 heterocycles. The van der Waals surface area contributed by atoms with Gasteiger partial charge in [0.2, 0.25) is 5.89 Å². The van der Waals surface area contributed by atoms with Gasteiger partial charge in [0.05, 0.1) is 10.4 Å². The van der Waals surface area contributed by atoms with Crippen molar-refractivity contribution in [2.45, 2.75) is 12.8 Å². The number of aryl methyl sites for hydroxylation is 1. The van der Waals surface area contributed by atoms with Crippen LogP contribution in [0.1, 0.15) is 11.5 Å². The quantitative estimate of drug-likeness (QED) is 0.732. The molecule has 0 saturated heterocycles. The molecular weight excluding hydrogens is 253 g/mol. The van der Waals surface area contributed by atoms with E-state index in [1.807, 2.05) is 19.1 Å². The first kappa shape index (κ1) is 9.03. The van der Waals surface area contributed by atoms with Crippen molar-refractivity contribution in [3.05, 3.63) is 28.1 Å². The summed E-state index contributed by atoms with van der Waals surface area (Å²) >= 11 is 9.03. The van der Waals surface area contributed by atoms with E-state index in [4.69, 9.17) is 16.0 Å². The topological polar surface area (TPSA) is 26.0 Å². The number of alkyl halides is 1. The number of halogens is 2. The molecule has 1 aromatic heterocycles. The fraction of sp³-hybridized carbons (Fsp3) is 0.222. The third-order valence-corrected chi connectivity index (χ3v) is 2.57. The molecule has 0 spiro atoms. The minimum Gasteiger partial charge on any atom is -0.438 e. The third kappa shape index (κ3) is 1.58. The van der Waals surface area contributed by atoms with E-state index in [1.54, 1.807) is 0 Å². The summed E-state index contributed by atoms with van der Waals surface area (Å²) in [5.41, 5.74) is 2.76. The number of benzene rings is 1. The molecule has 13 heavy (non-hydrogen) atoms. The van der Waals surface area contributed by atoms with E-state index >= 15 is 0 Å². The summed E-state index contributed by atoms with van der Waals surface area (Å²) in [7, 11) is 0. The summed E-state index contributed by atoms with van der Waals surface area (Å²) in [6, 6.07) is 3.96. The van der Waals surface area contributed by atoms with Crippen molar-refractivity contribution in [3.63, 3.8) is 0 Å². The molecule has 1 aromatic carbocycles. The van der Waals surface area contributed by atoms with Crippen molar-refractivity contribution in [2.75, 3.05) is 0 Å². The summed E-state index contributed by atoms with van der Waals surface area (Å²) in [6.07, 6.45) is 0. The minimum absolute atomic E-state index is 0.306. The number of aromatic nitrogens is 1. The molecule has 2 aromatic rings. The van der Waals surface area contributed by atoms with Gasteiger partial charge in [0.15, 0.2) is 5.58 Å². The van der Waals surface area contributed by atoms with Crippen molar-refractivity contribution in [1.82, 2.24) is 4.98 Å². The molecule has 4 heteroatoms. The lowest BCUT2D eigenvalue weighted by Crippen LogP contribution is -1.75. The first-order valence-corrected chi connectivity index (χ1v) is 5.15. The summed E-state index contributed by atoms with van der Waals surface area (Å²) in [5, 5.41) is 0. The Morgan fingerprint density at radius 2 is 2.31 bits per heavy atom. The number of oxazole rings is 1. The molecule has 0 atom stereocenters. The zero-order valence-corrected chi connectivity index (χ0v) is 9.32. The second-order valence-corrected chi connectivity index (χ2v) is 3.96. The Hall–Kier alpha value is -0.540. The van der Waals surface area contributed by atoms with Crippen LogP contribution in [-0.2, 0) is 5.88 Å². The van der Waals surface area contributed by atoms with Gasteiger partial charge < -0.3 is 4.42 Å². The zero-order chi connectivity index (χ0) is 9.42. The van der Waals surface area contributed by atoms with Crippen LogP contribution in [0, 0.1) is 6.92 Å². The summed E-state index contributed by atoms with van der Waals surface area (Å²) in [5.74, 6) is 0.864. The molecule has 0 aliphatic heterocycles. The maximum Gasteiger partial charge on any atom is 0.210 e. The van der Waals surface area contributed by atoms with Gasteiger partial charge in [0.25, 0.3) is 0 Å². The summed E-state index contributed by atoms with van der Waals surface area (Å²) in [4.78, 5) is 4.22. The van der Waals surface area contributed by atoms with Gasteiger partial charge in [-0.05, 0) is 40.5 Å². The van der Waals surface area contributed by atoms with E-state index in [9.17, 15) is 0 Å². The second kappa shape index (κ2) is 3.31. The van der Waals surface area contributed by atoms with E-state index in [1.165, 1.54) is 0 Å². The van der Waals surface area contributed by atoms with Gasteiger partial charge in [-0.2, -0.15) is 0 Å². The van der Waals surface area contributed by atoms with Crippen molar-refractivity contribution in [1.29, 1.82) is 0 Å². The third-order valence-electron chi connectivity index (χ3n) is 1.75. The SMILES string of the molecule is Cc1cc(Br)c2oc(CCl)nc2c1. The smallest absolute Gasteiger partial charge is 0.210 e. The van der Waals surface area contributed by atoms with Crippen LogP contribution >= 0.6 is 27.5 Å². The van der Waals surface area contributed by atoms with E-state index in [-0.39, 0.29) is 0 Å². The van der Waals surface area contributed by atoms with E-state index in [0.717, 1.165) is 21.1 Å². The van der Waals surface area contributed by atoms with Crippen molar-refractivity contribution >= 4 is 38.6 Å². The molecule has 0 saturated carbocycles. The van der Waals surface area contributed by atoms with E-state index in [2.05, 4.69) is 20.9 Å². The van der Waals surface area contributed by atoms with Crippen LogP contribution in [0.25, 0.3) is 11.1 Å². The van der Waals surface area contributed by atoms with Crippen molar-refractivity contribution < 1.29 is 4.42 Å². The monoisotopic (exact) mass is 259 g/mol. The van der Waals surface area contributed by atoms with Crippen molar-refractivity contribution in [2.24, 2.45) is 0 Å². The molecule has 0 unspecified atom stereocenters. The average molecular weight is 261 g/mol. The normalized spacial score (nSPS) is 11.0. The van der Waals surface area contributed by atoms with Crippen LogP contribution < -0.4 is 0 Å². The predicted molar refractivity (Wildman–Crippen MR) is 56.0 cm³/mol. The van der Waals surface area contributed by atoms with Crippen LogP contribution in [0.2, 0.25) is 0 Å². The van der Waals surface area contributed by atoms with Gasteiger partial charge in [-0.1, -0.05) is 0 Å². The Bertz CT molecular complexity index is 452.